The highest BCUT2D eigenvalue weighted by molar-refractivity contribution is 7.98. The average Bonchev–Trinajstić information content (AvgIpc) is 2.64. The van der Waals surface area contributed by atoms with E-state index in [4.69, 9.17) is 0 Å². The second kappa shape index (κ2) is 9.47. The van der Waals surface area contributed by atoms with E-state index in [1.165, 1.54) is 33.6 Å². The Morgan fingerprint density at radius 1 is 1.16 bits per heavy atom. The molecule has 0 N–H and O–H groups in total. The van der Waals surface area contributed by atoms with Gasteiger partial charge in [-0.3, -0.25) is 4.79 Å². The van der Waals surface area contributed by atoms with E-state index in [0.29, 0.717) is 0 Å². The Labute approximate surface area is 155 Å². The molecule has 2 rings (SSSR count). The van der Waals surface area contributed by atoms with Crippen LogP contribution in [-0.2, 0) is 11.2 Å². The van der Waals surface area contributed by atoms with Crippen molar-refractivity contribution < 1.29 is 4.79 Å². The van der Waals surface area contributed by atoms with Gasteiger partial charge in [-0.05, 0) is 60.4 Å². The number of benzene rings is 2. The summed E-state index contributed by atoms with van der Waals surface area (Å²) in [6, 6.07) is 15.1. The van der Waals surface area contributed by atoms with Gasteiger partial charge in [0.2, 0.25) is 6.41 Å². The van der Waals surface area contributed by atoms with Crippen molar-refractivity contribution in [2.75, 3.05) is 13.3 Å². The van der Waals surface area contributed by atoms with Crippen molar-refractivity contribution in [1.82, 2.24) is 4.90 Å². The standard InChI is InChI=1S/C22H27NOS/c1-5-6-10-18-12-13-19(25-4)14-21(18)22(15-23(3)16-24)20-11-8-7-9-17(20)2/h7-9,11-16H,5-6,10H2,1-4H3/b22-15+. The minimum atomic E-state index is 0.850. The van der Waals surface area contributed by atoms with Crippen molar-refractivity contribution >= 4 is 23.7 Å². The molecule has 0 aliphatic heterocycles. The molecule has 0 unspecified atom stereocenters. The van der Waals surface area contributed by atoms with Gasteiger partial charge in [0, 0.05) is 23.7 Å². The molecule has 0 aliphatic rings. The highest BCUT2D eigenvalue weighted by Gasteiger charge is 2.14. The topological polar surface area (TPSA) is 20.3 Å². The SMILES string of the molecule is CCCCc1ccc(SC)cc1/C(=C/N(C)C=O)c1ccccc1C. The molecule has 132 valence electrons. The molecule has 0 spiro atoms. The molecule has 2 nitrogen and oxygen atoms in total. The van der Waals surface area contributed by atoms with E-state index in [1.54, 1.807) is 23.7 Å². The number of hydrogen-bond acceptors (Lipinski definition) is 2. The van der Waals surface area contributed by atoms with Gasteiger partial charge in [-0.1, -0.05) is 43.7 Å². The summed E-state index contributed by atoms with van der Waals surface area (Å²) in [5.74, 6) is 0. The quantitative estimate of drug-likeness (QED) is 0.459. The van der Waals surface area contributed by atoms with E-state index in [9.17, 15) is 4.79 Å². The van der Waals surface area contributed by atoms with Gasteiger partial charge in [-0.25, -0.2) is 0 Å². The molecular formula is C22H27NOS. The van der Waals surface area contributed by atoms with Crippen LogP contribution in [-0.4, -0.2) is 24.6 Å². The minimum absolute atomic E-state index is 0.850. The Morgan fingerprint density at radius 2 is 1.92 bits per heavy atom. The number of rotatable bonds is 8. The zero-order valence-corrected chi connectivity index (χ0v) is 16.4. The smallest absolute Gasteiger partial charge is 0.213 e. The first-order valence-electron chi connectivity index (χ1n) is 8.73. The number of carbonyl (C=O) groups is 1. The van der Waals surface area contributed by atoms with Crippen LogP contribution in [0.25, 0.3) is 5.57 Å². The summed E-state index contributed by atoms with van der Waals surface area (Å²) in [6.07, 6.45) is 8.28. The predicted octanol–water partition coefficient (Wildman–Crippen LogP) is 5.54. The number of hydrogen-bond donors (Lipinski definition) is 0. The van der Waals surface area contributed by atoms with Gasteiger partial charge in [0.1, 0.15) is 0 Å². The summed E-state index contributed by atoms with van der Waals surface area (Å²) in [4.78, 5) is 14.1. The summed E-state index contributed by atoms with van der Waals surface area (Å²) in [5.41, 5.74) is 6.06. The Kier molecular flexibility index (Phi) is 7.32. The predicted molar refractivity (Wildman–Crippen MR) is 109 cm³/mol. The van der Waals surface area contributed by atoms with Crippen LogP contribution in [0.3, 0.4) is 0 Å². The molecule has 0 bridgehead atoms. The molecule has 0 heterocycles. The lowest BCUT2D eigenvalue weighted by Crippen LogP contribution is -2.09. The van der Waals surface area contributed by atoms with E-state index >= 15 is 0 Å². The van der Waals surface area contributed by atoms with Crippen LogP contribution in [0.5, 0.6) is 0 Å². The molecule has 2 aromatic rings. The number of thioether (sulfide) groups is 1. The lowest BCUT2D eigenvalue weighted by molar-refractivity contribution is -0.114. The monoisotopic (exact) mass is 353 g/mol. The van der Waals surface area contributed by atoms with Gasteiger partial charge in [-0.15, -0.1) is 11.8 Å². The summed E-state index contributed by atoms with van der Waals surface area (Å²) >= 11 is 1.75. The molecule has 1 amide bonds. The first-order chi connectivity index (χ1) is 12.1. The maximum atomic E-state index is 11.2. The lowest BCUT2D eigenvalue weighted by Gasteiger charge is -2.18. The van der Waals surface area contributed by atoms with Gasteiger partial charge in [0.25, 0.3) is 0 Å². The maximum Gasteiger partial charge on any atom is 0.213 e. The zero-order valence-electron chi connectivity index (χ0n) is 15.6. The second-order valence-corrected chi connectivity index (χ2v) is 7.13. The van der Waals surface area contributed by atoms with Crippen molar-refractivity contribution in [3.05, 3.63) is 70.9 Å². The highest BCUT2D eigenvalue weighted by Crippen LogP contribution is 2.32. The van der Waals surface area contributed by atoms with Gasteiger partial charge in [0.05, 0.1) is 0 Å². The van der Waals surface area contributed by atoms with Crippen LogP contribution in [0.1, 0.15) is 42.0 Å². The van der Waals surface area contributed by atoms with Crippen LogP contribution >= 0.6 is 11.8 Å². The Hall–Kier alpha value is -2.00. The third kappa shape index (κ3) is 4.99. The number of aryl methyl sites for hydroxylation is 2. The molecule has 0 aromatic heterocycles. The van der Waals surface area contributed by atoms with Crippen molar-refractivity contribution in [2.24, 2.45) is 0 Å². The largest absolute Gasteiger partial charge is 0.324 e. The van der Waals surface area contributed by atoms with Gasteiger partial charge >= 0.3 is 0 Å². The molecule has 0 fully saturated rings. The molecular weight excluding hydrogens is 326 g/mol. The fourth-order valence-electron chi connectivity index (χ4n) is 2.91. The van der Waals surface area contributed by atoms with Crippen molar-refractivity contribution in [1.29, 1.82) is 0 Å². The molecule has 0 aliphatic carbocycles. The number of carbonyl (C=O) groups excluding carboxylic acids is 1. The zero-order chi connectivity index (χ0) is 18.2. The van der Waals surface area contributed by atoms with Crippen LogP contribution < -0.4 is 0 Å². The lowest BCUT2D eigenvalue weighted by atomic mass is 9.90. The third-order valence-electron chi connectivity index (χ3n) is 4.34. The number of unbranched alkanes of at least 4 members (excludes halogenated alkanes) is 1. The van der Waals surface area contributed by atoms with Crippen molar-refractivity contribution in [3.8, 4) is 0 Å². The van der Waals surface area contributed by atoms with Gasteiger partial charge in [-0.2, -0.15) is 0 Å². The summed E-state index contributed by atoms with van der Waals surface area (Å²) < 4.78 is 0. The molecule has 0 saturated carbocycles. The number of nitrogens with zero attached hydrogens (tertiary/aromatic N) is 1. The van der Waals surface area contributed by atoms with E-state index < -0.39 is 0 Å². The first kappa shape index (κ1) is 19.3. The van der Waals surface area contributed by atoms with E-state index in [-0.39, 0.29) is 0 Å². The van der Waals surface area contributed by atoms with Crippen molar-refractivity contribution in [2.45, 2.75) is 38.0 Å². The van der Waals surface area contributed by atoms with E-state index in [0.717, 1.165) is 24.8 Å². The summed E-state index contributed by atoms with van der Waals surface area (Å²) in [6.45, 7) is 4.34. The molecule has 0 saturated heterocycles. The normalized spacial score (nSPS) is 11.4. The van der Waals surface area contributed by atoms with Crippen LogP contribution in [0.2, 0.25) is 0 Å². The Bertz CT molecular complexity index is 751. The van der Waals surface area contributed by atoms with Crippen LogP contribution in [0, 0.1) is 6.92 Å². The van der Waals surface area contributed by atoms with E-state index in [1.807, 2.05) is 6.20 Å². The van der Waals surface area contributed by atoms with Gasteiger partial charge < -0.3 is 4.90 Å². The van der Waals surface area contributed by atoms with Gasteiger partial charge in [0.15, 0.2) is 0 Å². The first-order valence-corrected chi connectivity index (χ1v) is 9.95. The Morgan fingerprint density at radius 3 is 2.56 bits per heavy atom. The fourth-order valence-corrected chi connectivity index (χ4v) is 3.35. The number of amides is 1. The Balaban J connectivity index is 2.66. The summed E-state index contributed by atoms with van der Waals surface area (Å²) in [7, 11) is 1.79. The van der Waals surface area contributed by atoms with Crippen LogP contribution in [0.15, 0.2) is 53.6 Å². The molecule has 0 radical (unpaired) electrons. The molecule has 25 heavy (non-hydrogen) atoms. The second-order valence-electron chi connectivity index (χ2n) is 6.26. The summed E-state index contributed by atoms with van der Waals surface area (Å²) in [5, 5.41) is 0. The molecule has 2 aromatic carbocycles. The minimum Gasteiger partial charge on any atom is -0.324 e. The van der Waals surface area contributed by atoms with Crippen molar-refractivity contribution in [3.63, 3.8) is 0 Å². The third-order valence-corrected chi connectivity index (χ3v) is 5.07. The molecule has 0 atom stereocenters. The fraction of sp³-hybridized carbons (Fsp3) is 0.318. The highest BCUT2D eigenvalue weighted by atomic mass is 32.2. The maximum absolute atomic E-state index is 11.2. The average molecular weight is 354 g/mol. The molecule has 3 heteroatoms. The van der Waals surface area contributed by atoms with E-state index in [2.05, 4.69) is 62.6 Å². The van der Waals surface area contributed by atoms with Crippen LogP contribution in [0.4, 0.5) is 0 Å².